The standard InChI is InChI=1S/C25H28Cl2FN3O/c26-21-10-5-17(15-22(21)27)20-3-1-2-4-23(20)30-13-11-25(12-14-30)24(32)29-16-31(25)19-8-6-18(28)7-9-19/h5-10,15,20,23H,1-4,11-14,16H2,(H,29,32). The van der Waals surface area contributed by atoms with Crippen LogP contribution in [0.2, 0.25) is 10.0 Å². The van der Waals surface area contributed by atoms with Gasteiger partial charge in [0.2, 0.25) is 5.91 Å². The second-order valence-corrected chi connectivity index (χ2v) is 10.1. The molecule has 1 spiro atoms. The first-order valence-electron chi connectivity index (χ1n) is 11.5. The molecule has 32 heavy (non-hydrogen) atoms. The van der Waals surface area contributed by atoms with Gasteiger partial charge in [0.1, 0.15) is 11.4 Å². The zero-order chi connectivity index (χ0) is 22.3. The van der Waals surface area contributed by atoms with E-state index in [2.05, 4.69) is 21.2 Å². The van der Waals surface area contributed by atoms with Crippen molar-refractivity contribution in [3.8, 4) is 0 Å². The fraction of sp³-hybridized carbons (Fsp3) is 0.480. The number of likely N-dealkylation sites (tertiary alicyclic amines) is 1. The molecule has 5 rings (SSSR count). The van der Waals surface area contributed by atoms with Gasteiger partial charge in [-0.25, -0.2) is 4.39 Å². The number of anilines is 1. The molecule has 3 fully saturated rings. The van der Waals surface area contributed by atoms with Crippen molar-refractivity contribution in [2.75, 3.05) is 24.7 Å². The molecule has 4 nitrogen and oxygen atoms in total. The Labute approximate surface area is 198 Å². The van der Waals surface area contributed by atoms with E-state index in [1.165, 1.54) is 30.5 Å². The van der Waals surface area contributed by atoms with E-state index in [1.54, 1.807) is 12.1 Å². The van der Waals surface area contributed by atoms with Gasteiger partial charge < -0.3 is 10.2 Å². The first-order chi connectivity index (χ1) is 15.5. The van der Waals surface area contributed by atoms with Gasteiger partial charge in [-0.1, -0.05) is 42.1 Å². The minimum atomic E-state index is -0.553. The summed E-state index contributed by atoms with van der Waals surface area (Å²) in [6.07, 6.45) is 6.28. The Bertz CT molecular complexity index is 991. The molecule has 170 valence electrons. The molecule has 2 heterocycles. The summed E-state index contributed by atoms with van der Waals surface area (Å²) >= 11 is 12.5. The second kappa shape index (κ2) is 8.85. The maximum Gasteiger partial charge on any atom is 0.247 e. The number of nitrogens with one attached hydrogen (secondary N) is 1. The van der Waals surface area contributed by atoms with Crippen LogP contribution >= 0.6 is 23.2 Å². The molecule has 2 aromatic rings. The molecular weight excluding hydrogens is 448 g/mol. The number of benzene rings is 2. The fourth-order valence-electron chi connectivity index (χ4n) is 5.95. The van der Waals surface area contributed by atoms with Crippen LogP contribution in [-0.4, -0.2) is 42.1 Å². The highest BCUT2D eigenvalue weighted by molar-refractivity contribution is 6.42. The van der Waals surface area contributed by atoms with Gasteiger partial charge in [0, 0.05) is 24.8 Å². The van der Waals surface area contributed by atoms with Gasteiger partial charge in [-0.15, -0.1) is 0 Å². The number of carbonyl (C=O) groups excluding carboxylic acids is 1. The number of nitrogens with zero attached hydrogens (tertiary/aromatic N) is 2. The normalized spacial score (nSPS) is 25.8. The number of piperidine rings is 1. The van der Waals surface area contributed by atoms with E-state index >= 15 is 0 Å². The molecule has 0 bridgehead atoms. The van der Waals surface area contributed by atoms with E-state index in [0.717, 1.165) is 44.5 Å². The van der Waals surface area contributed by atoms with Gasteiger partial charge in [-0.3, -0.25) is 9.69 Å². The third-order valence-electron chi connectivity index (χ3n) is 7.67. The van der Waals surface area contributed by atoms with E-state index in [-0.39, 0.29) is 11.7 Å². The Morgan fingerprint density at radius 1 is 0.969 bits per heavy atom. The minimum Gasteiger partial charge on any atom is -0.339 e. The molecular formula is C25H28Cl2FN3O. The topological polar surface area (TPSA) is 35.6 Å². The molecule has 1 saturated carbocycles. The van der Waals surface area contributed by atoms with Crippen molar-refractivity contribution in [2.24, 2.45) is 0 Å². The molecule has 2 unspecified atom stereocenters. The minimum absolute atomic E-state index is 0.0890. The number of hydrogen-bond acceptors (Lipinski definition) is 3. The lowest BCUT2D eigenvalue weighted by molar-refractivity contribution is -0.125. The molecule has 2 aromatic carbocycles. The highest BCUT2D eigenvalue weighted by Gasteiger charge is 2.51. The predicted molar refractivity (Wildman–Crippen MR) is 127 cm³/mol. The van der Waals surface area contributed by atoms with Crippen LogP contribution in [0.4, 0.5) is 10.1 Å². The molecule has 1 aliphatic carbocycles. The van der Waals surface area contributed by atoms with E-state index < -0.39 is 5.54 Å². The van der Waals surface area contributed by atoms with Crippen molar-refractivity contribution in [3.63, 3.8) is 0 Å². The lowest BCUT2D eigenvalue weighted by atomic mass is 9.77. The second-order valence-electron chi connectivity index (χ2n) is 9.27. The van der Waals surface area contributed by atoms with E-state index in [9.17, 15) is 9.18 Å². The summed E-state index contributed by atoms with van der Waals surface area (Å²) in [6, 6.07) is 13.0. The monoisotopic (exact) mass is 475 g/mol. The van der Waals surface area contributed by atoms with Gasteiger partial charge in [0.15, 0.2) is 0 Å². The smallest absolute Gasteiger partial charge is 0.247 e. The summed E-state index contributed by atoms with van der Waals surface area (Å²) < 4.78 is 13.4. The number of amides is 1. The largest absolute Gasteiger partial charge is 0.339 e. The van der Waals surface area contributed by atoms with Crippen LogP contribution in [0.15, 0.2) is 42.5 Å². The summed E-state index contributed by atoms with van der Waals surface area (Å²) in [5.41, 5.74) is 1.60. The molecule has 2 saturated heterocycles. The van der Waals surface area contributed by atoms with Gasteiger partial charge in [-0.05, 0) is 73.6 Å². The third-order valence-corrected chi connectivity index (χ3v) is 8.41. The van der Waals surface area contributed by atoms with Crippen LogP contribution in [0.25, 0.3) is 0 Å². The van der Waals surface area contributed by atoms with Gasteiger partial charge in [0.05, 0.1) is 16.7 Å². The van der Waals surface area contributed by atoms with E-state index in [4.69, 9.17) is 23.2 Å². The van der Waals surface area contributed by atoms with Gasteiger partial charge in [0.25, 0.3) is 0 Å². The highest BCUT2D eigenvalue weighted by atomic mass is 35.5. The zero-order valence-electron chi connectivity index (χ0n) is 18.0. The average Bonchev–Trinajstić information content (AvgIpc) is 3.12. The van der Waals surface area contributed by atoms with Crippen molar-refractivity contribution in [1.82, 2.24) is 10.2 Å². The summed E-state index contributed by atoms with van der Waals surface area (Å²) in [6.45, 7) is 2.21. The van der Waals surface area contributed by atoms with Crippen LogP contribution in [0.1, 0.15) is 50.0 Å². The average molecular weight is 476 g/mol. The summed E-state index contributed by atoms with van der Waals surface area (Å²) in [5, 5.41) is 4.24. The van der Waals surface area contributed by atoms with Crippen LogP contribution in [0.3, 0.4) is 0 Å². The number of rotatable bonds is 3. The fourth-order valence-corrected chi connectivity index (χ4v) is 6.26. The molecule has 0 aromatic heterocycles. The molecule has 7 heteroatoms. The molecule has 2 aliphatic heterocycles. The number of hydrogen-bond donors (Lipinski definition) is 1. The quantitative estimate of drug-likeness (QED) is 0.628. The van der Waals surface area contributed by atoms with Gasteiger partial charge >= 0.3 is 0 Å². The highest BCUT2D eigenvalue weighted by Crippen LogP contribution is 2.42. The van der Waals surface area contributed by atoms with Crippen LogP contribution in [-0.2, 0) is 4.79 Å². The zero-order valence-corrected chi connectivity index (χ0v) is 19.5. The summed E-state index contributed by atoms with van der Waals surface area (Å²) in [4.78, 5) is 17.7. The number of halogens is 3. The summed E-state index contributed by atoms with van der Waals surface area (Å²) in [5.74, 6) is 0.256. The SMILES string of the molecule is O=C1NCN(c2ccc(F)cc2)C12CCN(C1CCCCC1c1ccc(Cl)c(Cl)c1)CC2. The molecule has 1 N–H and O–H groups in total. The Kier molecular flexibility index (Phi) is 6.08. The predicted octanol–water partition coefficient (Wildman–Crippen LogP) is 5.59. The van der Waals surface area contributed by atoms with E-state index in [0.29, 0.717) is 28.7 Å². The first kappa shape index (κ1) is 22.0. The third kappa shape index (κ3) is 3.89. The van der Waals surface area contributed by atoms with Crippen molar-refractivity contribution < 1.29 is 9.18 Å². The molecule has 0 radical (unpaired) electrons. The Hall–Kier alpha value is -1.82. The maximum absolute atomic E-state index is 13.4. The van der Waals surface area contributed by atoms with Crippen molar-refractivity contribution >= 4 is 34.8 Å². The van der Waals surface area contributed by atoms with Crippen LogP contribution in [0, 0.1) is 5.82 Å². The Morgan fingerprint density at radius 3 is 2.41 bits per heavy atom. The Balaban J connectivity index is 1.35. The van der Waals surface area contributed by atoms with Crippen molar-refractivity contribution in [3.05, 3.63) is 63.9 Å². The van der Waals surface area contributed by atoms with E-state index in [1.807, 2.05) is 12.1 Å². The lowest BCUT2D eigenvalue weighted by Crippen LogP contribution is -2.58. The van der Waals surface area contributed by atoms with Crippen LogP contribution < -0.4 is 10.2 Å². The van der Waals surface area contributed by atoms with Crippen LogP contribution in [0.5, 0.6) is 0 Å². The molecule has 1 amide bonds. The Morgan fingerprint density at radius 2 is 1.69 bits per heavy atom. The van der Waals surface area contributed by atoms with Crippen molar-refractivity contribution in [2.45, 2.75) is 56.0 Å². The lowest BCUT2D eigenvalue weighted by Gasteiger charge is -2.48. The molecule has 2 atom stereocenters. The first-order valence-corrected chi connectivity index (χ1v) is 12.2. The van der Waals surface area contributed by atoms with Crippen molar-refractivity contribution in [1.29, 1.82) is 0 Å². The molecule has 3 aliphatic rings. The summed E-state index contributed by atoms with van der Waals surface area (Å²) in [7, 11) is 0. The number of carbonyl (C=O) groups is 1. The van der Waals surface area contributed by atoms with Gasteiger partial charge in [-0.2, -0.15) is 0 Å². The maximum atomic E-state index is 13.4.